The van der Waals surface area contributed by atoms with Crippen molar-refractivity contribution in [3.8, 4) is 0 Å². The number of nitrogens with two attached hydrogens (primary N) is 1. The van der Waals surface area contributed by atoms with Crippen molar-refractivity contribution < 1.29 is 4.65 Å². The fraction of sp³-hybridized carbons (Fsp3) is 0.182. The molecule has 0 radical (unpaired) electrons. The molecule has 1 atom stereocenters. The molecule has 126 valence electrons. The van der Waals surface area contributed by atoms with E-state index in [-0.39, 0.29) is 13.0 Å². The normalized spacial score (nSPS) is 11.9. The van der Waals surface area contributed by atoms with Crippen molar-refractivity contribution in [1.82, 2.24) is 0 Å². The molecule has 25 heavy (non-hydrogen) atoms. The monoisotopic (exact) mass is 329 g/mol. The third-order valence-electron chi connectivity index (χ3n) is 4.48. The topological polar surface area (TPSA) is 35.2 Å². The lowest BCUT2D eigenvalue weighted by Gasteiger charge is -2.23. The Labute approximate surface area is 150 Å². The smallest absolute Gasteiger partial charge is 0.362 e. The van der Waals surface area contributed by atoms with Crippen molar-refractivity contribution in [1.29, 1.82) is 0 Å². The highest BCUT2D eigenvalue weighted by Gasteiger charge is 2.25. The number of rotatable bonds is 7. The van der Waals surface area contributed by atoms with E-state index in [2.05, 4.69) is 55.5 Å². The predicted octanol–water partition coefficient (Wildman–Crippen LogP) is 3.07. The van der Waals surface area contributed by atoms with Crippen LogP contribution in [-0.2, 0) is 11.1 Å². The van der Waals surface area contributed by atoms with Gasteiger partial charge in [0.1, 0.15) is 0 Å². The SMILES string of the molecule is CCc1ccc(B(OC(CN)c2ccccc2)c2ccccc2)cc1. The van der Waals surface area contributed by atoms with Gasteiger partial charge in [0.15, 0.2) is 0 Å². The number of benzene rings is 3. The van der Waals surface area contributed by atoms with Crippen LogP contribution in [-0.4, -0.2) is 13.5 Å². The Hall–Kier alpha value is -2.36. The maximum Gasteiger partial charge on any atom is 0.362 e. The summed E-state index contributed by atoms with van der Waals surface area (Å²) in [5.41, 5.74) is 10.8. The molecule has 0 saturated heterocycles. The molecule has 3 heteroatoms. The van der Waals surface area contributed by atoms with Crippen molar-refractivity contribution in [2.24, 2.45) is 5.73 Å². The van der Waals surface area contributed by atoms with Gasteiger partial charge in [0.05, 0.1) is 6.10 Å². The average molecular weight is 329 g/mol. The molecule has 0 bridgehead atoms. The molecule has 0 aliphatic heterocycles. The summed E-state index contributed by atoms with van der Waals surface area (Å²) >= 11 is 0. The first-order valence-corrected chi connectivity index (χ1v) is 8.86. The Balaban J connectivity index is 1.93. The van der Waals surface area contributed by atoms with Gasteiger partial charge in [0.2, 0.25) is 0 Å². The van der Waals surface area contributed by atoms with Crippen LogP contribution in [0, 0.1) is 0 Å². The second-order valence-electron chi connectivity index (χ2n) is 6.16. The molecule has 0 spiro atoms. The third-order valence-corrected chi connectivity index (χ3v) is 4.48. The van der Waals surface area contributed by atoms with Crippen LogP contribution >= 0.6 is 0 Å². The molecule has 0 heterocycles. The summed E-state index contributed by atoms with van der Waals surface area (Å²) in [6, 6.07) is 29.2. The predicted molar refractivity (Wildman–Crippen MR) is 107 cm³/mol. The zero-order chi connectivity index (χ0) is 17.5. The first kappa shape index (κ1) is 17.5. The third kappa shape index (κ3) is 4.39. The van der Waals surface area contributed by atoms with Crippen LogP contribution in [0.2, 0.25) is 0 Å². The molecule has 2 nitrogen and oxygen atoms in total. The molecule has 3 aromatic rings. The Morgan fingerprint density at radius 1 is 0.800 bits per heavy atom. The van der Waals surface area contributed by atoms with Gasteiger partial charge in [0, 0.05) is 6.54 Å². The van der Waals surface area contributed by atoms with Crippen molar-refractivity contribution in [2.45, 2.75) is 19.4 Å². The zero-order valence-corrected chi connectivity index (χ0v) is 14.6. The van der Waals surface area contributed by atoms with Gasteiger partial charge in [-0.05, 0) is 28.5 Å². The summed E-state index contributed by atoms with van der Waals surface area (Å²) in [5, 5.41) is 0. The summed E-state index contributed by atoms with van der Waals surface area (Å²) < 4.78 is 6.51. The van der Waals surface area contributed by atoms with Gasteiger partial charge < -0.3 is 10.4 Å². The van der Waals surface area contributed by atoms with Gasteiger partial charge >= 0.3 is 6.92 Å². The van der Waals surface area contributed by atoms with Gasteiger partial charge in [-0.2, -0.15) is 0 Å². The van der Waals surface area contributed by atoms with Crippen molar-refractivity contribution in [2.75, 3.05) is 6.54 Å². The molecule has 0 aliphatic rings. The highest BCUT2D eigenvalue weighted by atomic mass is 16.4. The second-order valence-corrected chi connectivity index (χ2v) is 6.16. The van der Waals surface area contributed by atoms with Gasteiger partial charge in [-0.1, -0.05) is 91.9 Å². The van der Waals surface area contributed by atoms with Crippen molar-refractivity contribution in [3.05, 3.63) is 96.1 Å². The summed E-state index contributed by atoms with van der Waals surface area (Å²) in [6.07, 6.45) is 0.893. The maximum atomic E-state index is 6.51. The highest BCUT2D eigenvalue weighted by Crippen LogP contribution is 2.17. The molecule has 0 amide bonds. The second kappa shape index (κ2) is 8.66. The number of hydrogen-bond donors (Lipinski definition) is 1. The van der Waals surface area contributed by atoms with E-state index in [0.29, 0.717) is 6.54 Å². The molecular formula is C22H24BNO. The minimum Gasteiger partial charge on any atom is -0.419 e. The molecular weight excluding hydrogens is 305 g/mol. The molecule has 0 saturated carbocycles. The van der Waals surface area contributed by atoms with Crippen LogP contribution in [0.15, 0.2) is 84.9 Å². The molecule has 3 rings (SSSR count). The van der Waals surface area contributed by atoms with Crippen molar-refractivity contribution >= 4 is 17.8 Å². The van der Waals surface area contributed by atoms with Gasteiger partial charge in [0.25, 0.3) is 0 Å². The lowest BCUT2D eigenvalue weighted by atomic mass is 9.55. The lowest BCUT2D eigenvalue weighted by molar-refractivity contribution is 0.223. The minimum atomic E-state index is -0.141. The van der Waals surface area contributed by atoms with E-state index >= 15 is 0 Å². The van der Waals surface area contributed by atoms with E-state index in [0.717, 1.165) is 22.9 Å². The van der Waals surface area contributed by atoms with Gasteiger partial charge in [-0.15, -0.1) is 0 Å². The Morgan fingerprint density at radius 3 is 1.92 bits per heavy atom. The first-order valence-electron chi connectivity index (χ1n) is 8.86. The Morgan fingerprint density at radius 2 is 1.36 bits per heavy atom. The quantitative estimate of drug-likeness (QED) is 0.676. The van der Waals surface area contributed by atoms with Crippen molar-refractivity contribution in [3.63, 3.8) is 0 Å². The van der Waals surface area contributed by atoms with Crippen LogP contribution in [0.3, 0.4) is 0 Å². The zero-order valence-electron chi connectivity index (χ0n) is 14.6. The standard InChI is InChI=1S/C22H24BNO/c1-2-18-13-15-21(16-14-18)23(20-11-7-4-8-12-20)25-22(17-24)19-9-5-3-6-10-19/h3-16,22H,2,17,24H2,1H3. The fourth-order valence-electron chi connectivity index (χ4n) is 3.01. The molecule has 0 fully saturated rings. The summed E-state index contributed by atoms with van der Waals surface area (Å²) in [6.45, 7) is 2.47. The first-order chi connectivity index (χ1) is 12.3. The highest BCUT2D eigenvalue weighted by molar-refractivity contribution is 6.80. The van der Waals surface area contributed by atoms with E-state index in [4.69, 9.17) is 10.4 Å². The van der Waals surface area contributed by atoms with Gasteiger partial charge in [-0.3, -0.25) is 0 Å². The molecule has 0 aliphatic carbocycles. The number of hydrogen-bond acceptors (Lipinski definition) is 2. The van der Waals surface area contributed by atoms with E-state index < -0.39 is 0 Å². The van der Waals surface area contributed by atoms with E-state index in [1.54, 1.807) is 0 Å². The molecule has 3 aromatic carbocycles. The Kier molecular flexibility index (Phi) is 6.05. The molecule has 1 unspecified atom stereocenters. The van der Waals surface area contributed by atoms with Crippen LogP contribution in [0.5, 0.6) is 0 Å². The summed E-state index contributed by atoms with van der Waals surface area (Å²) in [7, 11) is 0. The maximum absolute atomic E-state index is 6.51. The van der Waals surface area contributed by atoms with Crippen LogP contribution in [0.1, 0.15) is 24.2 Å². The van der Waals surface area contributed by atoms with Gasteiger partial charge in [-0.25, -0.2) is 0 Å². The average Bonchev–Trinajstić information content (AvgIpc) is 2.70. The van der Waals surface area contributed by atoms with Crippen LogP contribution < -0.4 is 16.7 Å². The largest absolute Gasteiger partial charge is 0.419 e. The summed E-state index contributed by atoms with van der Waals surface area (Å²) in [4.78, 5) is 0. The fourth-order valence-corrected chi connectivity index (χ4v) is 3.01. The lowest BCUT2D eigenvalue weighted by Crippen LogP contribution is -2.46. The molecule has 2 N–H and O–H groups in total. The molecule has 0 aromatic heterocycles. The van der Waals surface area contributed by atoms with E-state index in [1.165, 1.54) is 5.56 Å². The van der Waals surface area contributed by atoms with Crippen LogP contribution in [0.25, 0.3) is 0 Å². The number of aryl methyl sites for hydroxylation is 1. The van der Waals surface area contributed by atoms with E-state index in [1.807, 2.05) is 36.4 Å². The summed E-state index contributed by atoms with van der Waals surface area (Å²) in [5.74, 6) is 0. The minimum absolute atomic E-state index is 0.138. The van der Waals surface area contributed by atoms with E-state index in [9.17, 15) is 0 Å². The Bertz CT molecular complexity index is 759. The van der Waals surface area contributed by atoms with Crippen LogP contribution in [0.4, 0.5) is 0 Å².